The predicted octanol–water partition coefficient (Wildman–Crippen LogP) is 3.51. The molecule has 5 rings (SSSR count). The number of carbonyl (C=O) groups excluding carboxylic acids is 2. The van der Waals surface area contributed by atoms with Crippen LogP contribution in [0.3, 0.4) is 0 Å². The molecular formula is C28H26N4O2. The summed E-state index contributed by atoms with van der Waals surface area (Å²) in [6, 6.07) is 27.0. The minimum atomic E-state index is 0.0477. The lowest BCUT2D eigenvalue weighted by Crippen LogP contribution is -2.64. The molecule has 0 radical (unpaired) electrons. The zero-order chi connectivity index (χ0) is 23.5. The largest absolute Gasteiger partial charge is 0.336 e. The van der Waals surface area contributed by atoms with Gasteiger partial charge in [0.2, 0.25) is 0 Å². The van der Waals surface area contributed by atoms with Gasteiger partial charge in [-0.3, -0.25) is 14.5 Å². The summed E-state index contributed by atoms with van der Waals surface area (Å²) in [5.74, 6) is 0.139. The van der Waals surface area contributed by atoms with Crippen molar-refractivity contribution in [3.63, 3.8) is 0 Å². The van der Waals surface area contributed by atoms with Gasteiger partial charge in [0.05, 0.1) is 11.6 Å². The van der Waals surface area contributed by atoms with E-state index in [0.29, 0.717) is 30.3 Å². The summed E-state index contributed by atoms with van der Waals surface area (Å²) >= 11 is 0. The van der Waals surface area contributed by atoms with Crippen molar-refractivity contribution in [3.8, 4) is 17.2 Å². The smallest absolute Gasteiger partial charge is 0.253 e. The van der Waals surface area contributed by atoms with Crippen molar-refractivity contribution in [2.75, 3.05) is 39.3 Å². The van der Waals surface area contributed by atoms with Gasteiger partial charge in [-0.15, -0.1) is 0 Å². The quantitative estimate of drug-likeness (QED) is 0.610. The summed E-state index contributed by atoms with van der Waals surface area (Å²) in [5.41, 5.74) is 3.98. The highest BCUT2D eigenvalue weighted by molar-refractivity contribution is 5.95. The first-order valence-corrected chi connectivity index (χ1v) is 11.6. The summed E-state index contributed by atoms with van der Waals surface area (Å²) in [5, 5.41) is 9.10. The normalized spacial score (nSPS) is 16.6. The topological polar surface area (TPSA) is 67.7 Å². The summed E-state index contributed by atoms with van der Waals surface area (Å²) in [6.07, 6.45) is 0. The molecule has 0 spiro atoms. The molecule has 0 atom stereocenters. The van der Waals surface area contributed by atoms with Crippen molar-refractivity contribution in [1.82, 2.24) is 14.7 Å². The van der Waals surface area contributed by atoms with Crippen LogP contribution in [0.5, 0.6) is 0 Å². The van der Waals surface area contributed by atoms with Gasteiger partial charge in [0.1, 0.15) is 0 Å². The van der Waals surface area contributed by atoms with Crippen molar-refractivity contribution in [3.05, 3.63) is 95.6 Å². The maximum Gasteiger partial charge on any atom is 0.253 e. The molecule has 0 N–H and O–H groups in total. The van der Waals surface area contributed by atoms with Crippen LogP contribution in [0.15, 0.2) is 78.9 Å². The molecular weight excluding hydrogens is 424 g/mol. The molecule has 2 amide bonds. The van der Waals surface area contributed by atoms with E-state index < -0.39 is 0 Å². The molecule has 6 heteroatoms. The number of likely N-dealkylation sites (tertiary alicyclic amines) is 1. The fraction of sp³-hybridized carbons (Fsp3) is 0.250. The summed E-state index contributed by atoms with van der Waals surface area (Å²) in [4.78, 5) is 31.8. The Balaban J connectivity index is 1.12. The van der Waals surface area contributed by atoms with E-state index in [-0.39, 0.29) is 11.8 Å². The van der Waals surface area contributed by atoms with Gasteiger partial charge in [0.25, 0.3) is 11.8 Å². The van der Waals surface area contributed by atoms with Crippen molar-refractivity contribution in [2.24, 2.45) is 0 Å². The van der Waals surface area contributed by atoms with Crippen LogP contribution < -0.4 is 0 Å². The van der Waals surface area contributed by atoms with Gasteiger partial charge in [-0.25, -0.2) is 0 Å². The number of hydrogen-bond acceptors (Lipinski definition) is 4. The Hall–Kier alpha value is -3.95. The van der Waals surface area contributed by atoms with Gasteiger partial charge in [0.15, 0.2) is 0 Å². The lowest BCUT2D eigenvalue weighted by molar-refractivity contribution is 0.00854. The zero-order valence-electron chi connectivity index (χ0n) is 18.9. The number of carbonyl (C=O) groups is 2. The molecule has 0 bridgehead atoms. The molecule has 6 nitrogen and oxygen atoms in total. The number of piperazine rings is 1. The molecule has 0 saturated carbocycles. The lowest BCUT2D eigenvalue weighted by atomic mass is 10.00. The van der Waals surface area contributed by atoms with Crippen LogP contribution in [0, 0.1) is 11.3 Å². The van der Waals surface area contributed by atoms with E-state index in [4.69, 9.17) is 5.26 Å². The highest BCUT2D eigenvalue weighted by atomic mass is 16.2. The van der Waals surface area contributed by atoms with E-state index in [1.54, 1.807) is 6.07 Å². The Labute approximate surface area is 199 Å². The van der Waals surface area contributed by atoms with E-state index >= 15 is 0 Å². The maximum absolute atomic E-state index is 12.9. The first kappa shape index (κ1) is 21.9. The minimum absolute atomic E-state index is 0.0477. The third kappa shape index (κ3) is 4.43. The number of hydrogen-bond donors (Lipinski definition) is 0. The number of amides is 2. The predicted molar refractivity (Wildman–Crippen MR) is 130 cm³/mol. The van der Waals surface area contributed by atoms with Gasteiger partial charge < -0.3 is 9.80 Å². The number of nitrogens with zero attached hydrogens (tertiary/aromatic N) is 4. The first-order chi connectivity index (χ1) is 16.6. The average molecular weight is 451 g/mol. The van der Waals surface area contributed by atoms with Crippen molar-refractivity contribution < 1.29 is 9.59 Å². The standard InChI is InChI=1S/C28H26N4O2/c29-18-21-5-4-8-25(17-21)22-9-11-24(12-10-22)28(34)32-19-26(20-32)30-13-15-31(16-14-30)27(33)23-6-2-1-3-7-23/h1-12,17,26H,13-16,19-20H2. The second-order valence-corrected chi connectivity index (χ2v) is 8.83. The van der Waals surface area contributed by atoms with E-state index in [1.807, 2.05) is 82.6 Å². The van der Waals surface area contributed by atoms with E-state index in [2.05, 4.69) is 11.0 Å². The molecule has 34 heavy (non-hydrogen) atoms. The van der Waals surface area contributed by atoms with Crippen LogP contribution in [-0.2, 0) is 0 Å². The third-order valence-electron chi connectivity index (χ3n) is 6.74. The lowest BCUT2D eigenvalue weighted by Gasteiger charge is -2.48. The van der Waals surface area contributed by atoms with E-state index in [1.165, 1.54) is 0 Å². The van der Waals surface area contributed by atoms with Crippen LogP contribution >= 0.6 is 0 Å². The van der Waals surface area contributed by atoms with Gasteiger partial charge in [-0.1, -0.05) is 42.5 Å². The van der Waals surface area contributed by atoms with Crippen molar-refractivity contribution in [2.45, 2.75) is 6.04 Å². The summed E-state index contributed by atoms with van der Waals surface area (Å²) < 4.78 is 0. The molecule has 2 aliphatic heterocycles. The first-order valence-electron chi connectivity index (χ1n) is 11.6. The summed E-state index contributed by atoms with van der Waals surface area (Å²) in [7, 11) is 0. The molecule has 2 aliphatic rings. The molecule has 3 aromatic carbocycles. The van der Waals surface area contributed by atoms with Crippen molar-refractivity contribution in [1.29, 1.82) is 5.26 Å². The Bertz CT molecular complexity index is 1220. The monoisotopic (exact) mass is 450 g/mol. The highest BCUT2D eigenvalue weighted by Gasteiger charge is 2.37. The van der Waals surface area contributed by atoms with Crippen LogP contribution in [0.2, 0.25) is 0 Å². The fourth-order valence-corrected chi connectivity index (χ4v) is 4.66. The highest BCUT2D eigenvalue weighted by Crippen LogP contribution is 2.24. The second kappa shape index (κ2) is 9.50. The average Bonchev–Trinajstić information content (AvgIpc) is 2.88. The van der Waals surface area contributed by atoms with E-state index in [9.17, 15) is 9.59 Å². The Morgan fingerprint density at radius 2 is 1.35 bits per heavy atom. The maximum atomic E-state index is 12.9. The molecule has 2 fully saturated rings. The number of rotatable bonds is 4. The fourth-order valence-electron chi connectivity index (χ4n) is 4.66. The Morgan fingerprint density at radius 1 is 0.706 bits per heavy atom. The van der Waals surface area contributed by atoms with Gasteiger partial charge >= 0.3 is 0 Å². The molecule has 0 aliphatic carbocycles. The molecule has 0 aromatic heterocycles. The molecule has 0 unspecified atom stereocenters. The molecule has 2 heterocycles. The van der Waals surface area contributed by atoms with Crippen LogP contribution in [0.25, 0.3) is 11.1 Å². The van der Waals surface area contributed by atoms with Crippen molar-refractivity contribution >= 4 is 11.8 Å². The van der Waals surface area contributed by atoms with Gasteiger partial charge in [-0.05, 0) is 47.5 Å². The molecule has 3 aromatic rings. The molecule has 2 saturated heterocycles. The zero-order valence-corrected chi connectivity index (χ0v) is 18.9. The Kier molecular flexibility index (Phi) is 6.11. The number of nitriles is 1. The SMILES string of the molecule is N#Cc1cccc(-c2ccc(C(=O)N3CC(N4CCN(C(=O)c5ccccc5)CC4)C3)cc2)c1. The van der Waals surface area contributed by atoms with Gasteiger partial charge in [-0.2, -0.15) is 5.26 Å². The van der Waals surface area contributed by atoms with Crippen LogP contribution in [-0.4, -0.2) is 71.8 Å². The van der Waals surface area contributed by atoms with Crippen LogP contribution in [0.1, 0.15) is 26.3 Å². The summed E-state index contributed by atoms with van der Waals surface area (Å²) in [6.45, 7) is 4.54. The minimum Gasteiger partial charge on any atom is -0.336 e. The van der Waals surface area contributed by atoms with Crippen LogP contribution in [0.4, 0.5) is 0 Å². The number of benzene rings is 3. The van der Waals surface area contributed by atoms with E-state index in [0.717, 1.165) is 42.9 Å². The third-order valence-corrected chi connectivity index (χ3v) is 6.74. The Morgan fingerprint density at radius 3 is 2.03 bits per heavy atom. The second-order valence-electron chi connectivity index (χ2n) is 8.83. The van der Waals surface area contributed by atoms with Gasteiger partial charge in [0, 0.05) is 56.4 Å². The molecule has 170 valence electrons.